The van der Waals surface area contributed by atoms with E-state index in [9.17, 15) is 14.9 Å². The molecule has 1 aliphatic rings. The minimum absolute atomic E-state index is 0.0399. The Morgan fingerprint density at radius 3 is 2.79 bits per heavy atom. The molecule has 2 aromatic rings. The molecule has 0 bridgehead atoms. The molecule has 1 fully saturated rings. The molecule has 8 nitrogen and oxygen atoms in total. The molecule has 1 aromatic heterocycles. The van der Waals surface area contributed by atoms with Gasteiger partial charge >= 0.3 is 0 Å². The molecule has 1 aromatic carbocycles. The van der Waals surface area contributed by atoms with Gasteiger partial charge in [0, 0.05) is 57.8 Å². The van der Waals surface area contributed by atoms with Crippen LogP contribution in [0.3, 0.4) is 0 Å². The number of aromatic nitrogens is 2. The fourth-order valence-corrected chi connectivity index (χ4v) is 3.95. The van der Waals surface area contributed by atoms with Gasteiger partial charge in [-0.1, -0.05) is 19.3 Å². The first-order valence-corrected chi connectivity index (χ1v) is 10.1. The van der Waals surface area contributed by atoms with E-state index in [1.807, 2.05) is 4.57 Å². The van der Waals surface area contributed by atoms with E-state index in [1.165, 1.54) is 18.6 Å². The number of carbonyl (C=O) groups is 1. The van der Waals surface area contributed by atoms with Gasteiger partial charge in [0.1, 0.15) is 5.82 Å². The fourth-order valence-electron chi connectivity index (χ4n) is 3.95. The zero-order chi connectivity index (χ0) is 20.8. The Labute approximate surface area is 170 Å². The van der Waals surface area contributed by atoms with E-state index in [4.69, 9.17) is 4.74 Å². The molecule has 0 saturated heterocycles. The SMILES string of the molecule is COCCCN(C)C(=O)c1ccc([N+](=O)[O-])cc1-n1ccnc1C1CCCCC1. The van der Waals surface area contributed by atoms with Gasteiger partial charge in [0.2, 0.25) is 0 Å². The van der Waals surface area contributed by atoms with Crippen molar-refractivity contribution in [3.8, 4) is 5.69 Å². The number of hydrogen-bond donors (Lipinski definition) is 0. The average molecular weight is 400 g/mol. The van der Waals surface area contributed by atoms with Crippen LogP contribution in [-0.2, 0) is 4.74 Å². The van der Waals surface area contributed by atoms with Crippen molar-refractivity contribution < 1.29 is 14.5 Å². The third kappa shape index (κ3) is 4.82. The van der Waals surface area contributed by atoms with Crippen LogP contribution in [0.4, 0.5) is 5.69 Å². The predicted molar refractivity (Wildman–Crippen MR) is 109 cm³/mol. The van der Waals surface area contributed by atoms with Gasteiger partial charge in [-0.15, -0.1) is 0 Å². The topological polar surface area (TPSA) is 90.5 Å². The van der Waals surface area contributed by atoms with Crippen molar-refractivity contribution in [2.24, 2.45) is 0 Å². The van der Waals surface area contributed by atoms with E-state index in [0.29, 0.717) is 30.3 Å². The monoisotopic (exact) mass is 400 g/mol. The molecular formula is C21H28N4O4. The second kappa shape index (κ2) is 9.65. The largest absolute Gasteiger partial charge is 0.385 e. The number of non-ortho nitro benzene ring substituents is 1. The number of amides is 1. The van der Waals surface area contributed by atoms with Gasteiger partial charge in [-0.25, -0.2) is 4.98 Å². The number of benzene rings is 1. The zero-order valence-electron chi connectivity index (χ0n) is 17.0. The Morgan fingerprint density at radius 1 is 1.34 bits per heavy atom. The molecule has 1 aliphatic carbocycles. The summed E-state index contributed by atoms with van der Waals surface area (Å²) in [5.41, 5.74) is 0.910. The van der Waals surface area contributed by atoms with Crippen molar-refractivity contribution in [2.45, 2.75) is 44.4 Å². The molecule has 8 heteroatoms. The molecule has 0 N–H and O–H groups in total. The highest BCUT2D eigenvalue weighted by molar-refractivity contribution is 5.98. The Hall–Kier alpha value is -2.74. The maximum atomic E-state index is 13.1. The molecule has 0 aliphatic heterocycles. The minimum atomic E-state index is -0.433. The normalized spacial score (nSPS) is 14.7. The number of methoxy groups -OCH3 is 1. The van der Waals surface area contributed by atoms with E-state index in [2.05, 4.69) is 4.98 Å². The number of rotatable bonds is 8. The third-order valence-corrected chi connectivity index (χ3v) is 5.51. The number of hydrogen-bond acceptors (Lipinski definition) is 5. The van der Waals surface area contributed by atoms with Crippen LogP contribution in [0.5, 0.6) is 0 Å². The van der Waals surface area contributed by atoms with Crippen LogP contribution in [0, 0.1) is 10.1 Å². The standard InChI is InChI=1S/C21H28N4O4/c1-23(12-6-14-29-2)21(26)18-10-9-17(25(27)28)15-19(18)24-13-11-22-20(24)16-7-4-3-5-8-16/h9-11,13,15-16H,3-8,12,14H2,1-2H3. The molecule has 1 saturated carbocycles. The molecule has 0 atom stereocenters. The third-order valence-electron chi connectivity index (χ3n) is 5.51. The lowest BCUT2D eigenvalue weighted by Gasteiger charge is -2.24. The van der Waals surface area contributed by atoms with Gasteiger partial charge in [0.25, 0.3) is 11.6 Å². The van der Waals surface area contributed by atoms with Gasteiger partial charge in [-0.3, -0.25) is 14.9 Å². The van der Waals surface area contributed by atoms with Crippen molar-refractivity contribution in [2.75, 3.05) is 27.3 Å². The molecular weight excluding hydrogens is 372 g/mol. The summed E-state index contributed by atoms with van der Waals surface area (Å²) in [6, 6.07) is 4.41. The molecule has 3 rings (SSSR count). The Bertz CT molecular complexity index is 858. The summed E-state index contributed by atoms with van der Waals surface area (Å²) in [4.78, 5) is 30.2. The van der Waals surface area contributed by atoms with Crippen LogP contribution < -0.4 is 0 Å². The van der Waals surface area contributed by atoms with Crippen LogP contribution in [0.1, 0.15) is 60.6 Å². The first-order chi connectivity index (χ1) is 14.0. The zero-order valence-corrected chi connectivity index (χ0v) is 17.0. The summed E-state index contributed by atoms with van der Waals surface area (Å²) in [5.74, 6) is 1.01. The summed E-state index contributed by atoms with van der Waals surface area (Å²) < 4.78 is 6.92. The maximum Gasteiger partial charge on any atom is 0.271 e. The number of nitrogens with zero attached hydrogens (tertiary/aromatic N) is 4. The number of imidazole rings is 1. The van der Waals surface area contributed by atoms with Gasteiger partial charge in [-0.2, -0.15) is 0 Å². The lowest BCUT2D eigenvalue weighted by atomic mass is 9.88. The van der Waals surface area contributed by atoms with Gasteiger partial charge in [0.15, 0.2) is 0 Å². The average Bonchev–Trinajstić information content (AvgIpc) is 3.23. The van der Waals surface area contributed by atoms with E-state index in [0.717, 1.165) is 37.9 Å². The first-order valence-electron chi connectivity index (χ1n) is 10.1. The lowest BCUT2D eigenvalue weighted by Crippen LogP contribution is -2.29. The molecule has 156 valence electrons. The number of carbonyl (C=O) groups excluding carboxylic acids is 1. The van der Waals surface area contributed by atoms with Crippen LogP contribution in [-0.4, -0.2) is 52.6 Å². The van der Waals surface area contributed by atoms with Gasteiger partial charge in [0.05, 0.1) is 16.2 Å². The van der Waals surface area contributed by atoms with Crippen molar-refractivity contribution in [1.29, 1.82) is 0 Å². The van der Waals surface area contributed by atoms with E-state index in [-0.39, 0.29) is 11.6 Å². The predicted octanol–water partition coefficient (Wildman–Crippen LogP) is 3.94. The second-order valence-electron chi connectivity index (χ2n) is 7.52. The molecule has 1 amide bonds. The summed E-state index contributed by atoms with van der Waals surface area (Å²) in [7, 11) is 3.36. The van der Waals surface area contributed by atoms with Gasteiger partial charge < -0.3 is 14.2 Å². The van der Waals surface area contributed by atoms with Crippen molar-refractivity contribution in [3.63, 3.8) is 0 Å². The maximum absolute atomic E-state index is 13.1. The Kier molecular flexibility index (Phi) is 6.98. The van der Waals surface area contributed by atoms with Crippen molar-refractivity contribution in [3.05, 3.63) is 52.1 Å². The van der Waals surface area contributed by atoms with E-state index in [1.54, 1.807) is 37.5 Å². The summed E-state index contributed by atoms with van der Waals surface area (Å²) in [6.45, 7) is 1.11. The number of ether oxygens (including phenoxy) is 1. The molecule has 1 heterocycles. The van der Waals surface area contributed by atoms with Crippen molar-refractivity contribution >= 4 is 11.6 Å². The Morgan fingerprint density at radius 2 is 2.10 bits per heavy atom. The van der Waals surface area contributed by atoms with Crippen LogP contribution >= 0.6 is 0 Å². The second-order valence-corrected chi connectivity index (χ2v) is 7.52. The highest BCUT2D eigenvalue weighted by Crippen LogP contribution is 2.34. The van der Waals surface area contributed by atoms with Crippen LogP contribution in [0.2, 0.25) is 0 Å². The summed E-state index contributed by atoms with van der Waals surface area (Å²) in [5, 5.41) is 11.4. The summed E-state index contributed by atoms with van der Waals surface area (Å²) in [6.07, 6.45) is 9.85. The van der Waals surface area contributed by atoms with E-state index < -0.39 is 4.92 Å². The van der Waals surface area contributed by atoms with E-state index >= 15 is 0 Å². The highest BCUT2D eigenvalue weighted by Gasteiger charge is 2.25. The molecule has 0 spiro atoms. The number of nitro groups is 1. The molecule has 0 unspecified atom stereocenters. The van der Waals surface area contributed by atoms with Crippen molar-refractivity contribution in [1.82, 2.24) is 14.5 Å². The number of nitro benzene ring substituents is 1. The van der Waals surface area contributed by atoms with Gasteiger partial charge in [-0.05, 0) is 25.3 Å². The lowest BCUT2D eigenvalue weighted by molar-refractivity contribution is -0.384. The fraction of sp³-hybridized carbons (Fsp3) is 0.524. The molecule has 0 radical (unpaired) electrons. The minimum Gasteiger partial charge on any atom is -0.385 e. The molecule has 29 heavy (non-hydrogen) atoms. The summed E-state index contributed by atoms with van der Waals surface area (Å²) >= 11 is 0. The smallest absolute Gasteiger partial charge is 0.271 e. The van der Waals surface area contributed by atoms with Crippen LogP contribution in [0.25, 0.3) is 5.69 Å². The highest BCUT2D eigenvalue weighted by atomic mass is 16.6. The van der Waals surface area contributed by atoms with Crippen LogP contribution in [0.15, 0.2) is 30.6 Å². The first kappa shape index (κ1) is 21.0. The quantitative estimate of drug-likeness (QED) is 0.380. The Balaban J connectivity index is 1.99.